The molecule has 8 heteroatoms. The van der Waals surface area contributed by atoms with Crippen LogP contribution in [-0.4, -0.2) is 11.0 Å². The molecule has 0 aliphatic heterocycles. The molecule has 0 spiro atoms. The lowest BCUT2D eigenvalue weighted by Gasteiger charge is -2.22. The van der Waals surface area contributed by atoms with E-state index in [0.717, 1.165) is 22.0 Å². The fraction of sp³-hybridized carbons (Fsp3) is 0.125. The monoisotopic (exact) mass is 470 g/mol. The van der Waals surface area contributed by atoms with Crippen molar-refractivity contribution in [3.63, 3.8) is 0 Å². The molecule has 3 rings (SSSR count). The topological polar surface area (TPSA) is 73.9 Å². The lowest BCUT2D eigenvalue weighted by Crippen LogP contribution is -2.28. The van der Waals surface area contributed by atoms with Gasteiger partial charge in [0.05, 0.1) is 16.5 Å². The predicted octanol–water partition coefficient (Wildman–Crippen LogP) is 4.17. The number of halogens is 2. The number of para-hydroxylation sites is 1. The van der Waals surface area contributed by atoms with Crippen molar-refractivity contribution in [2.75, 3.05) is 10.6 Å². The predicted molar refractivity (Wildman–Crippen MR) is 136 cm³/mol. The smallest absolute Gasteiger partial charge is 0.131 e. The molecule has 0 aliphatic rings. The third-order valence-electron chi connectivity index (χ3n) is 4.71. The zero-order valence-electron chi connectivity index (χ0n) is 17.8. The molecule has 0 radical (unpaired) electrons. The molecule has 0 saturated carbocycles. The number of rotatable bonds is 6. The highest BCUT2D eigenvalue weighted by atomic mass is 35.5. The van der Waals surface area contributed by atoms with Crippen LogP contribution in [0.5, 0.6) is 0 Å². The molecule has 0 bridgehead atoms. The molecular weight excluding hydrogens is 446 g/mol. The number of nitrogens with two attached hydrogens (primary N) is 1. The summed E-state index contributed by atoms with van der Waals surface area (Å²) in [6.07, 6.45) is 4.60. The molecule has 0 heterocycles. The van der Waals surface area contributed by atoms with Crippen molar-refractivity contribution in [1.82, 2.24) is 0 Å². The number of anilines is 2. The van der Waals surface area contributed by atoms with Crippen molar-refractivity contribution in [2.24, 2.45) is 10.7 Å². The molecule has 3 aromatic carbocycles. The Morgan fingerprint density at radius 2 is 1.97 bits per heavy atom. The molecule has 3 aromatic rings. The van der Waals surface area contributed by atoms with Gasteiger partial charge in [-0.25, -0.2) is 9.38 Å². The van der Waals surface area contributed by atoms with Crippen molar-refractivity contribution >= 4 is 55.6 Å². The van der Waals surface area contributed by atoms with E-state index in [4.69, 9.17) is 17.3 Å². The summed E-state index contributed by atoms with van der Waals surface area (Å²) in [7, 11) is 2.54. The Hall–Kier alpha value is -2.92. The second-order valence-corrected chi connectivity index (χ2v) is 8.10. The minimum atomic E-state index is -0.389. The highest BCUT2D eigenvalue weighted by molar-refractivity contribution is 7.28. The summed E-state index contributed by atoms with van der Waals surface area (Å²) in [5.41, 5.74) is 10.5. The Morgan fingerprint density at radius 1 is 1.22 bits per heavy atom. The van der Waals surface area contributed by atoms with Gasteiger partial charge in [-0.1, -0.05) is 48.9 Å². The van der Waals surface area contributed by atoms with Crippen LogP contribution in [0.25, 0.3) is 23.4 Å². The van der Waals surface area contributed by atoms with Gasteiger partial charge >= 0.3 is 0 Å². The Kier molecular flexibility index (Phi) is 7.86. The maximum absolute atomic E-state index is 14.9. The molecular formula is C24H25ClFN4OP. The minimum absolute atomic E-state index is 0.369. The Bertz CT molecular complexity index is 1280. The van der Waals surface area contributed by atoms with E-state index >= 15 is 0 Å². The summed E-state index contributed by atoms with van der Waals surface area (Å²) in [6.45, 7) is 3.75. The van der Waals surface area contributed by atoms with E-state index in [-0.39, 0.29) is 5.82 Å². The van der Waals surface area contributed by atoms with Gasteiger partial charge in [0.15, 0.2) is 0 Å². The van der Waals surface area contributed by atoms with Crippen molar-refractivity contribution in [3.8, 4) is 11.1 Å². The molecule has 5 nitrogen and oxygen atoms in total. The van der Waals surface area contributed by atoms with Crippen LogP contribution in [0.15, 0.2) is 59.6 Å². The van der Waals surface area contributed by atoms with Crippen molar-refractivity contribution in [1.29, 1.82) is 0 Å². The number of amidine groups is 1. The number of hydrogen-bond acceptors (Lipinski definition) is 4. The maximum Gasteiger partial charge on any atom is 0.131 e. The number of hydrogen-bond donors (Lipinski definition) is 3. The lowest BCUT2D eigenvalue weighted by molar-refractivity contribution is 0.277. The third kappa shape index (κ3) is 5.46. The molecule has 166 valence electrons. The molecule has 1 unspecified atom stereocenters. The molecule has 0 aromatic heterocycles. The summed E-state index contributed by atoms with van der Waals surface area (Å²) in [6, 6.07) is 15.4. The van der Waals surface area contributed by atoms with E-state index < -0.39 is 0 Å². The first-order valence-electron chi connectivity index (χ1n) is 10.0. The minimum Gasteiger partial charge on any atom is -0.387 e. The lowest BCUT2D eigenvalue weighted by atomic mass is 10.0. The first-order chi connectivity index (χ1) is 15.3. The Labute approximate surface area is 193 Å². The summed E-state index contributed by atoms with van der Waals surface area (Å²) in [5, 5.41) is 14.0. The summed E-state index contributed by atoms with van der Waals surface area (Å²) in [4.78, 5) is 4.20. The first-order valence-corrected chi connectivity index (χ1v) is 11.0. The summed E-state index contributed by atoms with van der Waals surface area (Å²) in [5.74, 6) is 0.0454. The molecule has 0 fully saturated rings. The number of benzene rings is 3. The van der Waals surface area contributed by atoms with E-state index in [0.29, 0.717) is 38.7 Å². The summed E-state index contributed by atoms with van der Waals surface area (Å²) < 4.78 is 14.9. The van der Waals surface area contributed by atoms with Crippen LogP contribution in [0, 0.1) is 5.82 Å². The van der Waals surface area contributed by atoms with Gasteiger partial charge in [-0.2, -0.15) is 5.17 Å². The second-order valence-electron chi connectivity index (χ2n) is 7.11. The van der Waals surface area contributed by atoms with E-state index in [9.17, 15) is 9.60 Å². The SMILES string of the molecule is CC/C=c1\ccc(-c2c(F)ccc(NN(O)c3ccccc3Cl)c2P)c\c1=C\N=C(C)N. The molecule has 0 amide bonds. The molecule has 32 heavy (non-hydrogen) atoms. The summed E-state index contributed by atoms with van der Waals surface area (Å²) >= 11 is 6.15. The fourth-order valence-corrected chi connectivity index (χ4v) is 3.88. The van der Waals surface area contributed by atoms with Crippen molar-refractivity contribution < 1.29 is 9.60 Å². The number of aliphatic imine (C=N–C) groups is 1. The Morgan fingerprint density at radius 3 is 2.66 bits per heavy atom. The van der Waals surface area contributed by atoms with E-state index in [1.807, 2.05) is 25.1 Å². The van der Waals surface area contributed by atoms with Crippen LogP contribution >= 0.6 is 20.8 Å². The molecule has 0 aliphatic carbocycles. The fourth-order valence-electron chi connectivity index (χ4n) is 3.20. The zero-order chi connectivity index (χ0) is 23.3. The van der Waals surface area contributed by atoms with Gasteiger partial charge in [-0.05, 0) is 54.5 Å². The van der Waals surface area contributed by atoms with Gasteiger partial charge in [0.25, 0.3) is 0 Å². The van der Waals surface area contributed by atoms with Crippen LogP contribution in [0.2, 0.25) is 5.02 Å². The van der Waals surface area contributed by atoms with E-state index in [2.05, 4.69) is 25.7 Å². The van der Waals surface area contributed by atoms with Gasteiger partial charge in [0.2, 0.25) is 0 Å². The highest BCUT2D eigenvalue weighted by Gasteiger charge is 2.15. The standard InChI is InChI=1S/C24H25ClFN4OP/c1-3-6-16-9-10-17(13-18(16)14-28-15(2)27)23-20(26)11-12-21(24(23)32)29-30(31)22-8-5-4-7-19(22)25/h4-14,29,31H,3,32H2,1-2H3,(H2,27,28)/b16-6+,18-14-. The number of nitrogens with one attached hydrogen (secondary N) is 1. The highest BCUT2D eigenvalue weighted by Crippen LogP contribution is 2.28. The second kappa shape index (κ2) is 10.6. The number of hydrazine groups is 1. The Balaban J connectivity index is 2.09. The van der Waals surface area contributed by atoms with Crippen molar-refractivity contribution in [3.05, 3.63) is 75.9 Å². The van der Waals surface area contributed by atoms with Gasteiger partial charge in [-0.15, -0.1) is 9.24 Å². The van der Waals surface area contributed by atoms with Crippen LogP contribution in [0.4, 0.5) is 15.8 Å². The van der Waals surface area contributed by atoms with Gasteiger partial charge in [-0.3, -0.25) is 10.6 Å². The number of nitrogens with zero attached hydrogens (tertiary/aromatic N) is 2. The van der Waals surface area contributed by atoms with Gasteiger partial charge in [0, 0.05) is 22.3 Å². The molecule has 0 saturated heterocycles. The van der Waals surface area contributed by atoms with E-state index in [1.165, 1.54) is 6.07 Å². The molecule has 1 atom stereocenters. The average Bonchev–Trinajstić information content (AvgIpc) is 2.76. The third-order valence-corrected chi connectivity index (χ3v) is 5.63. The zero-order valence-corrected chi connectivity index (χ0v) is 19.7. The van der Waals surface area contributed by atoms with Gasteiger partial charge < -0.3 is 5.73 Å². The van der Waals surface area contributed by atoms with Gasteiger partial charge in [0.1, 0.15) is 11.5 Å². The largest absolute Gasteiger partial charge is 0.387 e. The van der Waals surface area contributed by atoms with Crippen LogP contribution in [-0.2, 0) is 0 Å². The van der Waals surface area contributed by atoms with E-state index in [1.54, 1.807) is 43.5 Å². The van der Waals surface area contributed by atoms with Crippen LogP contribution in [0.3, 0.4) is 0 Å². The molecule has 4 N–H and O–H groups in total. The van der Waals surface area contributed by atoms with Crippen molar-refractivity contribution in [2.45, 2.75) is 20.3 Å². The quantitative estimate of drug-likeness (QED) is 0.219. The normalized spacial score (nSPS) is 12.9. The average molecular weight is 471 g/mol. The first kappa shape index (κ1) is 23.7. The van der Waals surface area contributed by atoms with Crippen LogP contribution in [0.1, 0.15) is 20.3 Å². The maximum atomic E-state index is 14.9. The van der Waals surface area contributed by atoms with Crippen LogP contribution < -0.4 is 32.1 Å².